The van der Waals surface area contributed by atoms with Gasteiger partial charge in [0.1, 0.15) is 0 Å². The lowest BCUT2D eigenvalue weighted by molar-refractivity contribution is 0.0141. The van der Waals surface area contributed by atoms with Crippen molar-refractivity contribution in [2.75, 3.05) is 0 Å². The average Bonchev–Trinajstić information content (AvgIpc) is 2.02. The number of alkyl halides is 4. The van der Waals surface area contributed by atoms with Crippen molar-refractivity contribution in [3.63, 3.8) is 0 Å². The van der Waals surface area contributed by atoms with E-state index >= 15 is 0 Å². The van der Waals surface area contributed by atoms with Gasteiger partial charge in [0.25, 0.3) is 9.04 Å². The Hall–Kier alpha value is 0.430. The maximum Gasteiger partial charge on any atom is 0.513 e. The number of ether oxygens (including phenoxy) is 2. The first-order chi connectivity index (χ1) is 6.22. The zero-order valence-corrected chi connectivity index (χ0v) is 10.7. The second kappa shape index (κ2) is 5.50. The average molecular weight is 284 g/mol. The number of hydrogen-bond acceptors (Lipinski definition) is 3. The standard InChI is InChI=1S/C7H10Cl4O3/c1-3-6(8,9)13-5(12)14-7(10,11)4-2/h3-4H2,1-2H3. The molecule has 0 spiro atoms. The summed E-state index contributed by atoms with van der Waals surface area (Å²) in [5.41, 5.74) is 0. The molecule has 0 bridgehead atoms. The lowest BCUT2D eigenvalue weighted by atomic mass is 10.5. The fourth-order valence-electron chi connectivity index (χ4n) is 0.409. The molecule has 0 N–H and O–H groups in total. The molecule has 0 aromatic carbocycles. The van der Waals surface area contributed by atoms with Crippen LogP contribution in [0.15, 0.2) is 0 Å². The molecule has 14 heavy (non-hydrogen) atoms. The molecule has 0 aliphatic rings. The van der Waals surface area contributed by atoms with Gasteiger partial charge in [0, 0.05) is 12.8 Å². The minimum Gasteiger partial charge on any atom is -0.397 e. The summed E-state index contributed by atoms with van der Waals surface area (Å²) in [6, 6.07) is 0. The number of halogens is 4. The molecule has 84 valence electrons. The lowest BCUT2D eigenvalue weighted by Gasteiger charge is -2.21. The highest BCUT2D eigenvalue weighted by molar-refractivity contribution is 6.48. The molecular weight excluding hydrogens is 274 g/mol. The smallest absolute Gasteiger partial charge is 0.397 e. The van der Waals surface area contributed by atoms with Crippen LogP contribution in [0.25, 0.3) is 0 Å². The quantitative estimate of drug-likeness (QED) is 0.572. The SMILES string of the molecule is CCC(Cl)(Cl)OC(=O)OC(Cl)(Cl)CC. The van der Waals surface area contributed by atoms with E-state index in [1.807, 2.05) is 0 Å². The van der Waals surface area contributed by atoms with Gasteiger partial charge in [0.2, 0.25) is 0 Å². The van der Waals surface area contributed by atoms with Crippen LogP contribution in [0.5, 0.6) is 0 Å². The van der Waals surface area contributed by atoms with E-state index in [9.17, 15) is 4.79 Å². The van der Waals surface area contributed by atoms with Gasteiger partial charge in [-0.3, -0.25) is 0 Å². The van der Waals surface area contributed by atoms with E-state index in [0.717, 1.165) is 0 Å². The van der Waals surface area contributed by atoms with E-state index in [1.165, 1.54) is 0 Å². The van der Waals surface area contributed by atoms with Crippen LogP contribution in [0.1, 0.15) is 26.7 Å². The summed E-state index contributed by atoms with van der Waals surface area (Å²) in [6.45, 7) is 3.28. The third-order valence-corrected chi connectivity index (χ3v) is 2.67. The van der Waals surface area contributed by atoms with E-state index in [-0.39, 0.29) is 12.8 Å². The van der Waals surface area contributed by atoms with Gasteiger partial charge in [-0.15, -0.1) is 0 Å². The van der Waals surface area contributed by atoms with E-state index in [2.05, 4.69) is 9.47 Å². The Bertz CT molecular complexity index is 185. The molecule has 7 heteroatoms. The number of hydrogen-bond donors (Lipinski definition) is 0. The van der Waals surface area contributed by atoms with Crippen LogP contribution in [0.2, 0.25) is 0 Å². The molecule has 0 atom stereocenters. The Morgan fingerprint density at radius 2 is 1.29 bits per heavy atom. The Kier molecular flexibility index (Phi) is 5.67. The number of carbonyl (C=O) groups excluding carboxylic acids is 1. The highest BCUT2D eigenvalue weighted by Crippen LogP contribution is 2.31. The summed E-state index contributed by atoms with van der Waals surface area (Å²) in [6.07, 6.45) is -0.673. The fourth-order valence-corrected chi connectivity index (χ4v) is 0.661. The Morgan fingerprint density at radius 3 is 1.50 bits per heavy atom. The predicted octanol–water partition coefficient (Wildman–Crippen LogP) is 4.22. The third kappa shape index (κ3) is 6.02. The van der Waals surface area contributed by atoms with Crippen molar-refractivity contribution in [3.8, 4) is 0 Å². The monoisotopic (exact) mass is 282 g/mol. The minimum absolute atomic E-state index is 0.217. The third-order valence-electron chi connectivity index (χ3n) is 1.29. The first-order valence-electron chi connectivity index (χ1n) is 3.90. The van der Waals surface area contributed by atoms with E-state index in [0.29, 0.717) is 0 Å². The molecule has 3 nitrogen and oxygen atoms in total. The van der Waals surface area contributed by atoms with Gasteiger partial charge in [-0.25, -0.2) is 4.79 Å². The van der Waals surface area contributed by atoms with E-state index in [1.54, 1.807) is 13.8 Å². The van der Waals surface area contributed by atoms with Crippen molar-refractivity contribution >= 4 is 52.6 Å². The molecule has 0 unspecified atom stereocenters. The van der Waals surface area contributed by atoms with Crippen molar-refractivity contribution in [1.29, 1.82) is 0 Å². The minimum atomic E-state index is -1.62. The van der Waals surface area contributed by atoms with Crippen molar-refractivity contribution in [1.82, 2.24) is 0 Å². The van der Waals surface area contributed by atoms with Crippen LogP contribution in [0.4, 0.5) is 4.79 Å². The van der Waals surface area contributed by atoms with Crippen molar-refractivity contribution in [2.45, 2.75) is 35.7 Å². The summed E-state index contributed by atoms with van der Waals surface area (Å²) in [5, 5.41) is 0. The molecule has 0 saturated heterocycles. The Morgan fingerprint density at radius 1 is 1.00 bits per heavy atom. The predicted molar refractivity (Wildman–Crippen MR) is 57.0 cm³/mol. The van der Waals surface area contributed by atoms with Gasteiger partial charge in [0.15, 0.2) is 0 Å². The van der Waals surface area contributed by atoms with Gasteiger partial charge in [-0.05, 0) is 0 Å². The normalized spacial score (nSPS) is 12.4. The molecule has 0 radical (unpaired) electrons. The van der Waals surface area contributed by atoms with Crippen LogP contribution in [0.3, 0.4) is 0 Å². The molecule has 0 heterocycles. The lowest BCUT2D eigenvalue weighted by Crippen LogP contribution is -2.28. The summed E-state index contributed by atoms with van der Waals surface area (Å²) >= 11 is 22.2. The van der Waals surface area contributed by atoms with E-state index < -0.39 is 15.2 Å². The molecule has 0 fully saturated rings. The van der Waals surface area contributed by atoms with Gasteiger partial charge in [0.05, 0.1) is 0 Å². The van der Waals surface area contributed by atoms with Crippen LogP contribution in [0, 0.1) is 0 Å². The second-order valence-electron chi connectivity index (χ2n) is 2.44. The molecule has 0 amide bonds. The summed E-state index contributed by atoms with van der Waals surface area (Å²) in [4.78, 5) is 11.0. The molecular formula is C7H10Cl4O3. The fraction of sp³-hybridized carbons (Fsp3) is 0.857. The Labute approximate surface area is 103 Å². The highest BCUT2D eigenvalue weighted by atomic mass is 35.5. The summed E-state index contributed by atoms with van der Waals surface area (Å²) in [7, 11) is 0. The van der Waals surface area contributed by atoms with Crippen molar-refractivity contribution < 1.29 is 14.3 Å². The van der Waals surface area contributed by atoms with Gasteiger partial charge >= 0.3 is 6.16 Å². The molecule has 0 saturated carbocycles. The van der Waals surface area contributed by atoms with Gasteiger partial charge < -0.3 is 9.47 Å². The van der Waals surface area contributed by atoms with Crippen LogP contribution in [-0.4, -0.2) is 15.2 Å². The first-order valence-corrected chi connectivity index (χ1v) is 5.41. The maximum absolute atomic E-state index is 11.0. The van der Waals surface area contributed by atoms with Crippen LogP contribution < -0.4 is 0 Å². The topological polar surface area (TPSA) is 35.5 Å². The van der Waals surface area contributed by atoms with Crippen molar-refractivity contribution in [3.05, 3.63) is 0 Å². The molecule has 0 aliphatic carbocycles. The van der Waals surface area contributed by atoms with Gasteiger partial charge in [-0.2, -0.15) is 0 Å². The zero-order chi connectivity index (χ0) is 11.4. The van der Waals surface area contributed by atoms with Gasteiger partial charge in [-0.1, -0.05) is 60.3 Å². The van der Waals surface area contributed by atoms with E-state index in [4.69, 9.17) is 46.4 Å². The summed E-state index contributed by atoms with van der Waals surface area (Å²) in [5.74, 6) is 0. The largest absolute Gasteiger partial charge is 0.513 e. The molecule has 0 aromatic heterocycles. The highest BCUT2D eigenvalue weighted by Gasteiger charge is 2.33. The second-order valence-corrected chi connectivity index (χ2v) is 5.27. The molecule has 0 rings (SSSR count). The Balaban J connectivity index is 4.12. The summed E-state index contributed by atoms with van der Waals surface area (Å²) < 4.78 is 5.82. The number of rotatable bonds is 4. The first kappa shape index (κ1) is 14.4. The maximum atomic E-state index is 11.0. The van der Waals surface area contributed by atoms with Crippen molar-refractivity contribution in [2.24, 2.45) is 0 Å². The molecule has 0 aliphatic heterocycles. The molecule has 0 aromatic rings. The van der Waals surface area contributed by atoms with Crippen LogP contribution >= 0.6 is 46.4 Å². The zero-order valence-electron chi connectivity index (χ0n) is 7.65. The van der Waals surface area contributed by atoms with Crippen LogP contribution in [-0.2, 0) is 9.47 Å². The number of carbonyl (C=O) groups is 1.